The summed E-state index contributed by atoms with van der Waals surface area (Å²) < 4.78 is 0. The zero-order chi connectivity index (χ0) is 66.1. The average molecular weight is 1280 g/mol. The second-order valence-corrected chi connectivity index (χ2v) is 28.4. The van der Waals surface area contributed by atoms with Crippen molar-refractivity contribution >= 4 is 60.9 Å². The molecule has 0 fully saturated rings. The van der Waals surface area contributed by atoms with Crippen LogP contribution in [0.1, 0.15) is 316 Å². The van der Waals surface area contributed by atoms with Crippen molar-refractivity contribution in [2.45, 2.75) is 311 Å². The number of carbonyl (C=O) groups is 1. The highest BCUT2D eigenvalue weighted by Gasteiger charge is 2.30. The Bertz CT molecular complexity index is 3960. The van der Waals surface area contributed by atoms with Gasteiger partial charge in [0.25, 0.3) is 0 Å². The summed E-state index contributed by atoms with van der Waals surface area (Å²) >= 11 is 0. The molecule has 2 aliphatic rings. The minimum atomic E-state index is -0.953. The Morgan fingerprint density at radius 2 is 0.558 bits per heavy atom. The van der Waals surface area contributed by atoms with Crippen LogP contribution in [0.15, 0.2) is 66.7 Å². The fourth-order valence-corrected chi connectivity index (χ4v) is 15.3. The first-order chi connectivity index (χ1) is 46.8. The van der Waals surface area contributed by atoms with E-state index in [-0.39, 0.29) is 5.56 Å². The number of nitrogens with zero attached hydrogens (tertiary/aromatic N) is 6. The van der Waals surface area contributed by atoms with Gasteiger partial charge in [0.1, 0.15) is 22.6 Å². The number of aromatic nitrogens is 8. The van der Waals surface area contributed by atoms with Crippen LogP contribution in [0, 0.1) is 0 Å². The van der Waals surface area contributed by atoms with E-state index in [9.17, 15) is 9.90 Å². The summed E-state index contributed by atoms with van der Waals surface area (Å²) in [6.07, 6.45) is 49.4. The number of aromatic amines is 2. The van der Waals surface area contributed by atoms with Gasteiger partial charge in [-0.15, -0.1) is 0 Å². The highest BCUT2D eigenvalue weighted by Crippen LogP contribution is 2.45. The van der Waals surface area contributed by atoms with Crippen molar-refractivity contribution in [3.63, 3.8) is 0 Å². The molecular weight excluding hydrogens is 1160 g/mol. The number of hydrogen-bond acceptors (Lipinski definition) is 7. The van der Waals surface area contributed by atoms with E-state index in [1.54, 1.807) is 12.1 Å². The maximum atomic E-state index is 12.6. The molecule has 2 aliphatic heterocycles. The molecule has 3 aromatic heterocycles. The van der Waals surface area contributed by atoms with Crippen molar-refractivity contribution in [1.29, 1.82) is 0 Å². The molecule has 0 radical (unpaired) electrons. The van der Waals surface area contributed by atoms with E-state index in [1.165, 1.54) is 237 Å². The molecule has 508 valence electrons. The molecule has 0 saturated carbocycles. The first-order valence-electron chi connectivity index (χ1n) is 38.8. The van der Waals surface area contributed by atoms with Crippen molar-refractivity contribution in [3.8, 4) is 45.6 Å². The molecular formula is C85H116N8O2. The van der Waals surface area contributed by atoms with Gasteiger partial charge in [0, 0.05) is 43.8 Å². The van der Waals surface area contributed by atoms with Crippen LogP contribution in [0.5, 0.6) is 0 Å². The number of carboxylic acids is 1. The van der Waals surface area contributed by atoms with Gasteiger partial charge in [-0.25, -0.2) is 34.7 Å². The minimum Gasteiger partial charge on any atom is -0.478 e. The Hall–Kier alpha value is -6.81. The highest BCUT2D eigenvalue weighted by molar-refractivity contribution is 6.12. The van der Waals surface area contributed by atoms with Crippen molar-refractivity contribution in [2.75, 3.05) is 0 Å². The summed E-state index contributed by atoms with van der Waals surface area (Å²) in [7, 11) is 0. The SMILES string of the molecule is CCCCCCCCc1ccc(CCCCCCCC)c2c1-c1nc-2nc2[nH]c(nc3nc(nc4[nH]c(n1)c1cc5ccc(C(=O)O)cc5cc41)-c1c(CCCCCCCC)ccc(CCCCCCCC)c1-3)c1c(CCCCCCCC)ccc(CCCCCCCC)c21. The Kier molecular flexibility index (Phi) is 27.7. The zero-order valence-corrected chi connectivity index (χ0v) is 59.6. The Morgan fingerprint density at radius 3 is 0.874 bits per heavy atom. The number of H-pyrrole nitrogens is 2. The molecule has 95 heavy (non-hydrogen) atoms. The largest absolute Gasteiger partial charge is 0.478 e. The van der Waals surface area contributed by atoms with E-state index >= 15 is 0 Å². The second kappa shape index (κ2) is 37.1. The number of rotatable bonds is 43. The summed E-state index contributed by atoms with van der Waals surface area (Å²) in [5, 5.41) is 16.2. The van der Waals surface area contributed by atoms with Crippen molar-refractivity contribution in [2.24, 2.45) is 0 Å². The van der Waals surface area contributed by atoms with E-state index in [0.29, 0.717) is 34.6 Å². The smallest absolute Gasteiger partial charge is 0.335 e. The van der Waals surface area contributed by atoms with Crippen LogP contribution < -0.4 is 0 Å². The third-order valence-corrected chi connectivity index (χ3v) is 20.8. The molecule has 0 amide bonds. The molecule has 0 aliphatic carbocycles. The van der Waals surface area contributed by atoms with Crippen LogP contribution in [0.3, 0.4) is 0 Å². The maximum absolute atomic E-state index is 12.6. The molecule has 8 aromatic rings. The molecule has 0 atom stereocenters. The number of fused-ring (bicyclic) bond motifs is 21. The van der Waals surface area contributed by atoms with Crippen molar-refractivity contribution < 1.29 is 9.90 Å². The molecule has 8 bridgehead atoms. The Morgan fingerprint density at radius 1 is 0.295 bits per heavy atom. The number of aryl methyl sites for hydroxylation is 6. The molecule has 10 nitrogen and oxygen atoms in total. The van der Waals surface area contributed by atoms with E-state index in [2.05, 4.69) is 100 Å². The van der Waals surface area contributed by atoms with Gasteiger partial charge in [-0.1, -0.05) is 277 Å². The summed E-state index contributed by atoms with van der Waals surface area (Å²) in [5.41, 5.74) is 15.3. The van der Waals surface area contributed by atoms with Gasteiger partial charge in [0.15, 0.2) is 23.3 Å². The fraction of sp³-hybridized carbons (Fsp3) is 0.565. The van der Waals surface area contributed by atoms with Gasteiger partial charge in [0.2, 0.25) is 0 Å². The van der Waals surface area contributed by atoms with Crippen LogP contribution in [0.25, 0.3) is 100 Å². The number of nitrogens with one attached hydrogen (secondary N) is 2. The fourth-order valence-electron chi connectivity index (χ4n) is 15.3. The van der Waals surface area contributed by atoms with Gasteiger partial charge < -0.3 is 15.1 Å². The number of carboxylic acid groups (broad SMARTS) is 1. The van der Waals surface area contributed by atoms with E-state index in [0.717, 1.165) is 132 Å². The standard InChI is InChI=1S/C85H116N8O2/c1-7-13-19-25-31-37-43-60-49-51-62(45-39-33-27-21-15-9-3)73-71(60)79-87-77-69-58-66-55-56-67(85(94)95)57-68(66)59-70(69)78(86-77)88-80-72-61(44-38-32-26-20-14-8-2)50-52-63(46-40-34-28-22-16-10-4)74(72)82(90-80)92-84-76-65(48-42-36-30-24-18-12-6)54-53-64(47-41-35-29-23-17-11-5)75(76)83(93-84)91-81(73)89-79/h49-59H,7-48H2,1-6H3,(H,94,95)(H2,86,87,88,89,90,91,92,93). The van der Waals surface area contributed by atoms with Crippen LogP contribution in [0.2, 0.25) is 0 Å². The third-order valence-electron chi connectivity index (χ3n) is 20.8. The lowest BCUT2D eigenvalue weighted by atomic mass is 9.91. The lowest BCUT2D eigenvalue weighted by Gasteiger charge is -2.13. The molecule has 3 N–H and O–H groups in total. The quantitative estimate of drug-likeness (QED) is 0.0320. The average Bonchev–Trinajstić information content (AvgIpc) is 1.62. The van der Waals surface area contributed by atoms with E-state index in [1.807, 2.05) is 6.07 Å². The Balaban J connectivity index is 1.31. The summed E-state index contributed by atoms with van der Waals surface area (Å²) in [6, 6.07) is 24.2. The molecule has 5 heterocycles. The first kappa shape index (κ1) is 71.0. The molecule has 0 spiro atoms. The van der Waals surface area contributed by atoms with Gasteiger partial charge in [-0.3, -0.25) is 0 Å². The lowest BCUT2D eigenvalue weighted by Crippen LogP contribution is -1.98. The molecule has 0 unspecified atom stereocenters. The summed E-state index contributed by atoms with van der Waals surface area (Å²) in [4.78, 5) is 55.6. The monoisotopic (exact) mass is 1280 g/mol. The molecule has 0 saturated heterocycles. The van der Waals surface area contributed by atoms with Crippen LogP contribution in [-0.2, 0) is 38.5 Å². The van der Waals surface area contributed by atoms with E-state index < -0.39 is 5.97 Å². The number of aromatic carboxylic acids is 1. The normalized spacial score (nSPS) is 12.1. The third kappa shape index (κ3) is 18.5. The van der Waals surface area contributed by atoms with Crippen molar-refractivity contribution in [1.82, 2.24) is 39.9 Å². The minimum absolute atomic E-state index is 0.247. The van der Waals surface area contributed by atoms with Gasteiger partial charge in [-0.2, -0.15) is 0 Å². The topological polar surface area (TPSA) is 146 Å². The van der Waals surface area contributed by atoms with Crippen LogP contribution in [-0.4, -0.2) is 50.9 Å². The Labute approximate surface area is 570 Å². The summed E-state index contributed by atoms with van der Waals surface area (Å²) in [5.74, 6) is 1.79. The van der Waals surface area contributed by atoms with E-state index in [4.69, 9.17) is 29.9 Å². The van der Waals surface area contributed by atoms with Crippen LogP contribution >= 0.6 is 0 Å². The summed E-state index contributed by atoms with van der Waals surface area (Å²) in [6.45, 7) is 13.8. The molecule has 5 aromatic carbocycles. The lowest BCUT2D eigenvalue weighted by molar-refractivity contribution is 0.0697. The predicted octanol–water partition coefficient (Wildman–Crippen LogP) is 25.1. The maximum Gasteiger partial charge on any atom is 0.335 e. The molecule has 10 rings (SSSR count). The zero-order valence-electron chi connectivity index (χ0n) is 59.6. The van der Waals surface area contributed by atoms with Crippen LogP contribution in [0.4, 0.5) is 0 Å². The number of unbranched alkanes of at least 4 members (excludes halogenated alkanes) is 30. The van der Waals surface area contributed by atoms with Gasteiger partial charge >= 0.3 is 5.97 Å². The van der Waals surface area contributed by atoms with Gasteiger partial charge in [-0.05, 0) is 145 Å². The molecule has 10 heteroatoms. The number of hydrogen-bond donors (Lipinski definition) is 3. The second-order valence-electron chi connectivity index (χ2n) is 28.4. The highest BCUT2D eigenvalue weighted by atomic mass is 16.4. The van der Waals surface area contributed by atoms with Crippen molar-refractivity contribution in [3.05, 3.63) is 106 Å². The first-order valence-corrected chi connectivity index (χ1v) is 38.8. The van der Waals surface area contributed by atoms with Gasteiger partial charge in [0.05, 0.1) is 5.56 Å². The predicted molar refractivity (Wildman–Crippen MR) is 403 cm³/mol. The number of benzene rings is 5.